The van der Waals surface area contributed by atoms with Gasteiger partial charge in [0.1, 0.15) is 0 Å². The second-order valence-corrected chi connectivity index (χ2v) is 7.30. The van der Waals surface area contributed by atoms with Crippen LogP contribution in [0.4, 0.5) is 79.0 Å². The predicted molar refractivity (Wildman–Crippen MR) is 62.1 cm³/mol. The summed E-state index contributed by atoms with van der Waals surface area (Å²) in [5, 5.41) is -7.10. The molecule has 0 amide bonds. The molecular weight excluding hydrogens is 558 g/mol. The predicted octanol–water partition coefficient (Wildman–Crippen LogP) is 4.75. The second-order valence-electron chi connectivity index (χ2n) is 5.76. The number of alkyl halides is 18. The maximum absolute atomic E-state index is 13.5. The Labute approximate surface area is 167 Å². The number of aldehydes is 1. The molecule has 1 N–H and O–H groups in total. The van der Waals surface area contributed by atoms with Crippen molar-refractivity contribution in [1.82, 2.24) is 0 Å². The average molecular weight is 560 g/mol. The van der Waals surface area contributed by atoms with Crippen LogP contribution in [0, 0.1) is 0 Å². The third-order valence-corrected chi connectivity index (χ3v) is 4.78. The van der Waals surface area contributed by atoms with Gasteiger partial charge in [-0.15, -0.1) is 0 Å². The largest absolute Gasteiger partial charge is 0.460 e. The van der Waals surface area contributed by atoms with Gasteiger partial charge in [-0.05, 0) is 0 Å². The zero-order valence-electron chi connectivity index (χ0n) is 14.0. The first-order valence-corrected chi connectivity index (χ1v) is 8.09. The number of carbonyl (C=O) groups excluding carboxylic acids is 1. The molecule has 0 heterocycles. The molecule has 4 nitrogen and oxygen atoms in total. The maximum Gasteiger partial charge on any atom is 0.460 e. The van der Waals surface area contributed by atoms with E-state index < -0.39 is 69.0 Å². The zero-order chi connectivity index (χ0) is 27.7. The van der Waals surface area contributed by atoms with Crippen molar-refractivity contribution in [2.24, 2.45) is 0 Å². The molecule has 0 saturated carbocycles. The van der Waals surface area contributed by atoms with Gasteiger partial charge in [0, 0.05) is 0 Å². The van der Waals surface area contributed by atoms with Crippen LogP contribution >= 0.6 is 0 Å². The monoisotopic (exact) mass is 560 g/mol. The van der Waals surface area contributed by atoms with E-state index in [0.29, 0.717) is 0 Å². The van der Waals surface area contributed by atoms with E-state index in [9.17, 15) is 92.2 Å². The normalized spacial score (nSPS) is 18.2. The number of halogens is 18. The first-order valence-electron chi connectivity index (χ1n) is 6.65. The lowest BCUT2D eigenvalue weighted by Crippen LogP contribution is -2.76. The summed E-state index contributed by atoms with van der Waals surface area (Å²) in [5.74, 6) is -61.5. The van der Waals surface area contributed by atoms with Crippen molar-refractivity contribution < 1.29 is 96.8 Å². The van der Waals surface area contributed by atoms with Crippen molar-refractivity contribution in [2.75, 3.05) is 0 Å². The SMILES string of the molecule is O=CC(F)(C(F)(F)C(F)(F)C(F)(F)C(F)(F)C(F)(F)C(F)(F)C(F)(F)C(F)(F)F)S(=O)(=O)O. The van der Waals surface area contributed by atoms with Gasteiger partial charge in [0.2, 0.25) is 0 Å². The van der Waals surface area contributed by atoms with E-state index in [2.05, 4.69) is 0 Å². The molecule has 0 aliphatic carbocycles. The lowest BCUT2D eigenvalue weighted by Gasteiger charge is -2.43. The minimum Gasteiger partial charge on any atom is -0.298 e. The smallest absolute Gasteiger partial charge is 0.298 e. The quantitative estimate of drug-likeness (QED) is 0.251. The van der Waals surface area contributed by atoms with Crippen molar-refractivity contribution >= 4 is 16.4 Å². The highest BCUT2D eigenvalue weighted by molar-refractivity contribution is 7.87. The van der Waals surface area contributed by atoms with Crippen molar-refractivity contribution in [1.29, 1.82) is 0 Å². The third kappa shape index (κ3) is 3.59. The van der Waals surface area contributed by atoms with Crippen LogP contribution in [-0.4, -0.2) is 71.9 Å². The van der Waals surface area contributed by atoms with Crippen LogP contribution in [0.15, 0.2) is 0 Å². The van der Waals surface area contributed by atoms with Gasteiger partial charge in [-0.25, -0.2) is 4.39 Å². The molecule has 0 aromatic carbocycles. The van der Waals surface area contributed by atoms with Gasteiger partial charge in [-0.1, -0.05) is 0 Å². The Kier molecular flexibility index (Phi) is 7.03. The summed E-state index contributed by atoms with van der Waals surface area (Å²) in [6, 6.07) is 0. The van der Waals surface area contributed by atoms with Crippen molar-refractivity contribution in [3.63, 3.8) is 0 Å². The number of carbonyl (C=O) groups is 1. The Hall–Kier alpha value is -1.68. The first-order chi connectivity index (χ1) is 13.8. The average Bonchev–Trinajstić information content (AvgIpc) is 2.57. The minimum absolute atomic E-state index is 2.67. The molecular formula is C10H2F18O4S. The molecule has 198 valence electrons. The molecule has 0 aliphatic heterocycles. The van der Waals surface area contributed by atoms with Gasteiger partial charge >= 0.3 is 62.8 Å². The van der Waals surface area contributed by atoms with Crippen LogP contribution in [0.3, 0.4) is 0 Å². The van der Waals surface area contributed by atoms with E-state index in [1.165, 1.54) is 0 Å². The molecule has 0 saturated heterocycles. The molecule has 0 spiro atoms. The molecule has 0 aromatic heterocycles. The van der Waals surface area contributed by atoms with Gasteiger partial charge in [0.15, 0.2) is 6.29 Å². The summed E-state index contributed by atoms with van der Waals surface area (Å²) in [6.07, 6.45) is -10.6. The Balaban J connectivity index is 7.19. The Morgan fingerprint density at radius 3 is 0.848 bits per heavy atom. The molecule has 0 aliphatic rings. The van der Waals surface area contributed by atoms with E-state index in [1.54, 1.807) is 0 Å². The van der Waals surface area contributed by atoms with Gasteiger partial charge in [0.25, 0.3) is 0 Å². The summed E-state index contributed by atoms with van der Waals surface area (Å²) in [5.41, 5.74) is 0. The molecule has 1 unspecified atom stereocenters. The molecule has 0 radical (unpaired) electrons. The third-order valence-electron chi connectivity index (χ3n) is 3.68. The fourth-order valence-corrected chi connectivity index (χ4v) is 2.25. The topological polar surface area (TPSA) is 71.4 Å². The number of hydrogen-bond donors (Lipinski definition) is 1. The Morgan fingerprint density at radius 1 is 0.455 bits per heavy atom. The Morgan fingerprint density at radius 2 is 0.667 bits per heavy atom. The first kappa shape index (κ1) is 31.3. The second kappa shape index (κ2) is 7.41. The van der Waals surface area contributed by atoms with E-state index in [0.717, 1.165) is 0 Å². The molecule has 0 bridgehead atoms. The maximum atomic E-state index is 13.5. The van der Waals surface area contributed by atoms with Crippen molar-refractivity contribution in [3.05, 3.63) is 0 Å². The van der Waals surface area contributed by atoms with Crippen LogP contribution < -0.4 is 0 Å². The van der Waals surface area contributed by atoms with Gasteiger partial charge in [-0.3, -0.25) is 9.35 Å². The molecule has 1 atom stereocenters. The standard InChI is InChI=1S/C10H2F18O4S/c11-2(1-29,33(30,31)32)3(12,13)4(14,15)5(16,17)6(18,19)7(20,21)8(22,23)9(24,25)10(26,27)28/h1H,(H,30,31,32). The van der Waals surface area contributed by atoms with E-state index in [1.807, 2.05) is 0 Å². The summed E-state index contributed by atoms with van der Waals surface area (Å²) in [7, 11) is -7.71. The zero-order valence-corrected chi connectivity index (χ0v) is 14.8. The number of rotatable bonds is 9. The summed E-state index contributed by atoms with van der Waals surface area (Å²) >= 11 is 0. The van der Waals surface area contributed by atoms with Crippen LogP contribution in [0.1, 0.15) is 0 Å². The highest BCUT2D eigenvalue weighted by atomic mass is 32.2. The summed E-state index contributed by atoms with van der Waals surface area (Å²) in [6.45, 7) is 0. The molecule has 0 fully saturated rings. The highest BCUT2D eigenvalue weighted by Crippen LogP contribution is 2.65. The van der Waals surface area contributed by atoms with E-state index in [4.69, 9.17) is 4.55 Å². The fraction of sp³-hybridized carbons (Fsp3) is 0.900. The van der Waals surface area contributed by atoms with Crippen LogP contribution in [0.25, 0.3) is 0 Å². The van der Waals surface area contributed by atoms with Gasteiger partial charge in [0.05, 0.1) is 0 Å². The van der Waals surface area contributed by atoms with Crippen LogP contribution in [-0.2, 0) is 14.9 Å². The minimum atomic E-state index is -9.10. The lowest BCUT2D eigenvalue weighted by molar-refractivity contribution is -0.463. The molecule has 0 rings (SSSR count). The van der Waals surface area contributed by atoms with E-state index in [-0.39, 0.29) is 0 Å². The van der Waals surface area contributed by atoms with Gasteiger partial charge in [-0.2, -0.15) is 83.1 Å². The van der Waals surface area contributed by atoms with Crippen molar-refractivity contribution in [2.45, 2.75) is 52.6 Å². The summed E-state index contributed by atoms with van der Waals surface area (Å²) in [4.78, 5) is 10.1. The summed E-state index contributed by atoms with van der Waals surface area (Å²) < 4.78 is 262. The van der Waals surface area contributed by atoms with Crippen molar-refractivity contribution in [3.8, 4) is 0 Å². The number of hydrogen-bond acceptors (Lipinski definition) is 3. The van der Waals surface area contributed by atoms with Gasteiger partial charge < -0.3 is 0 Å². The van der Waals surface area contributed by atoms with Crippen LogP contribution in [0.5, 0.6) is 0 Å². The van der Waals surface area contributed by atoms with Crippen LogP contribution in [0.2, 0.25) is 0 Å². The Bertz CT molecular complexity index is 873. The highest BCUT2D eigenvalue weighted by Gasteiger charge is 2.97. The van der Waals surface area contributed by atoms with E-state index >= 15 is 0 Å². The lowest BCUT2D eigenvalue weighted by atomic mass is 9.88. The molecule has 23 heteroatoms. The fourth-order valence-electron chi connectivity index (χ4n) is 1.67. The molecule has 33 heavy (non-hydrogen) atoms. The molecule has 0 aromatic rings.